The first kappa shape index (κ1) is 14.7. The van der Waals surface area contributed by atoms with Gasteiger partial charge in [0, 0.05) is 44.5 Å². The molecule has 0 radical (unpaired) electrons. The van der Waals surface area contributed by atoms with Gasteiger partial charge in [0.15, 0.2) is 0 Å². The van der Waals surface area contributed by atoms with E-state index in [-0.39, 0.29) is 0 Å². The highest BCUT2D eigenvalue weighted by Gasteiger charge is 2.29. The van der Waals surface area contributed by atoms with Gasteiger partial charge in [0.2, 0.25) is 0 Å². The molecule has 2 fully saturated rings. The number of benzene rings is 1. The number of hydrogen-bond acceptors (Lipinski definition) is 4. The van der Waals surface area contributed by atoms with Crippen molar-refractivity contribution in [3.05, 3.63) is 24.3 Å². The predicted octanol–water partition coefficient (Wildman–Crippen LogP) is 1.82. The van der Waals surface area contributed by atoms with Gasteiger partial charge in [-0.05, 0) is 43.1 Å². The van der Waals surface area contributed by atoms with Crippen LogP contribution in [0.2, 0.25) is 0 Å². The topological polar surface area (TPSA) is 27.7 Å². The number of nitrogens with zero attached hydrogens (tertiary/aromatic N) is 2. The van der Waals surface area contributed by atoms with Crippen molar-refractivity contribution in [2.24, 2.45) is 5.92 Å². The van der Waals surface area contributed by atoms with Gasteiger partial charge in [0.25, 0.3) is 0 Å². The van der Waals surface area contributed by atoms with Gasteiger partial charge >= 0.3 is 0 Å². The molecule has 1 aromatic carbocycles. The lowest BCUT2D eigenvalue weighted by atomic mass is 9.93. The average Bonchev–Trinajstić information content (AvgIpc) is 2.56. The molecule has 2 heterocycles. The third-order valence-corrected chi connectivity index (χ3v) is 5.01. The van der Waals surface area contributed by atoms with Crippen molar-refractivity contribution in [2.45, 2.75) is 19.4 Å². The number of anilines is 1. The van der Waals surface area contributed by atoms with Gasteiger partial charge in [-0.3, -0.25) is 4.90 Å². The first-order valence-electron chi connectivity index (χ1n) is 8.11. The van der Waals surface area contributed by atoms with Crippen molar-refractivity contribution in [3.63, 3.8) is 0 Å². The minimum Gasteiger partial charge on any atom is -0.497 e. The van der Waals surface area contributed by atoms with Crippen LogP contribution < -0.4 is 15.0 Å². The Labute approximate surface area is 128 Å². The Balaban J connectivity index is 1.56. The van der Waals surface area contributed by atoms with Gasteiger partial charge in [0.1, 0.15) is 5.75 Å². The fourth-order valence-corrected chi connectivity index (χ4v) is 3.57. The lowest BCUT2D eigenvalue weighted by Gasteiger charge is -2.44. The molecule has 0 aromatic heterocycles. The van der Waals surface area contributed by atoms with Gasteiger partial charge in [-0.2, -0.15) is 0 Å². The van der Waals surface area contributed by atoms with Crippen molar-refractivity contribution in [2.75, 3.05) is 51.3 Å². The summed E-state index contributed by atoms with van der Waals surface area (Å²) in [5.74, 6) is 1.75. The minimum atomic E-state index is 0.719. The number of nitrogens with one attached hydrogen (secondary N) is 1. The zero-order valence-corrected chi connectivity index (χ0v) is 13.2. The van der Waals surface area contributed by atoms with E-state index in [4.69, 9.17) is 4.74 Å². The molecule has 2 aliphatic heterocycles. The molecule has 1 aromatic rings. The van der Waals surface area contributed by atoms with Crippen molar-refractivity contribution >= 4 is 5.69 Å². The summed E-state index contributed by atoms with van der Waals surface area (Å²) in [7, 11) is 1.72. The quantitative estimate of drug-likeness (QED) is 0.918. The fourth-order valence-electron chi connectivity index (χ4n) is 3.57. The van der Waals surface area contributed by atoms with Gasteiger partial charge in [-0.15, -0.1) is 0 Å². The highest BCUT2D eigenvalue weighted by Crippen LogP contribution is 2.23. The lowest BCUT2D eigenvalue weighted by Crippen LogP contribution is -2.57. The molecule has 2 aliphatic rings. The maximum absolute atomic E-state index is 5.23. The van der Waals surface area contributed by atoms with Crippen LogP contribution in [0, 0.1) is 5.92 Å². The van der Waals surface area contributed by atoms with Gasteiger partial charge < -0.3 is 15.0 Å². The van der Waals surface area contributed by atoms with Crippen LogP contribution in [0.5, 0.6) is 5.75 Å². The van der Waals surface area contributed by atoms with Crippen LogP contribution in [-0.2, 0) is 0 Å². The Kier molecular flexibility index (Phi) is 4.66. The molecular formula is C17H27N3O. The zero-order valence-electron chi connectivity index (χ0n) is 13.2. The van der Waals surface area contributed by atoms with E-state index >= 15 is 0 Å². The van der Waals surface area contributed by atoms with E-state index in [1.165, 1.54) is 31.7 Å². The van der Waals surface area contributed by atoms with E-state index in [0.29, 0.717) is 0 Å². The number of piperidine rings is 1. The Morgan fingerprint density at radius 3 is 2.43 bits per heavy atom. The van der Waals surface area contributed by atoms with Gasteiger partial charge in [-0.25, -0.2) is 0 Å². The van der Waals surface area contributed by atoms with Crippen LogP contribution in [0.4, 0.5) is 5.69 Å². The highest BCUT2D eigenvalue weighted by molar-refractivity contribution is 5.49. The second-order valence-electron chi connectivity index (χ2n) is 6.26. The predicted molar refractivity (Wildman–Crippen MR) is 87.2 cm³/mol. The number of rotatable bonds is 3. The average molecular weight is 289 g/mol. The maximum atomic E-state index is 5.23. The van der Waals surface area contributed by atoms with Crippen LogP contribution in [0.1, 0.15) is 13.3 Å². The number of ether oxygens (including phenoxy) is 1. The van der Waals surface area contributed by atoms with E-state index in [9.17, 15) is 0 Å². The molecule has 1 N–H and O–H groups in total. The molecule has 2 saturated heterocycles. The highest BCUT2D eigenvalue weighted by atomic mass is 16.5. The summed E-state index contributed by atoms with van der Waals surface area (Å²) < 4.78 is 5.23. The lowest BCUT2D eigenvalue weighted by molar-refractivity contribution is 0.116. The molecule has 0 saturated carbocycles. The first-order chi connectivity index (χ1) is 10.3. The van der Waals surface area contributed by atoms with E-state index in [1.807, 2.05) is 0 Å². The molecule has 2 atom stereocenters. The molecule has 3 rings (SSSR count). The fraction of sp³-hybridized carbons (Fsp3) is 0.647. The third-order valence-electron chi connectivity index (χ3n) is 5.01. The number of piperazine rings is 1. The Bertz CT molecular complexity index is 440. The minimum absolute atomic E-state index is 0.719. The molecule has 2 unspecified atom stereocenters. The Morgan fingerprint density at radius 1 is 1.10 bits per heavy atom. The summed E-state index contributed by atoms with van der Waals surface area (Å²) in [6.45, 7) is 9.32. The SMILES string of the molecule is COc1ccc(N2CCN(C3CNCCC3C)CC2)cc1. The smallest absolute Gasteiger partial charge is 0.119 e. The molecular weight excluding hydrogens is 262 g/mol. The molecule has 0 spiro atoms. The van der Waals surface area contributed by atoms with Crippen molar-refractivity contribution in [1.82, 2.24) is 10.2 Å². The molecule has 116 valence electrons. The van der Waals surface area contributed by atoms with Crippen LogP contribution in [0.3, 0.4) is 0 Å². The molecule has 0 bridgehead atoms. The van der Waals surface area contributed by atoms with Crippen molar-refractivity contribution in [3.8, 4) is 5.75 Å². The van der Waals surface area contributed by atoms with Crippen molar-refractivity contribution < 1.29 is 4.74 Å². The summed E-state index contributed by atoms with van der Waals surface area (Å²) in [5, 5.41) is 3.55. The summed E-state index contributed by atoms with van der Waals surface area (Å²) in [5.41, 5.74) is 1.31. The number of methoxy groups -OCH3 is 1. The number of hydrogen-bond donors (Lipinski definition) is 1. The largest absolute Gasteiger partial charge is 0.497 e. The normalized spacial score (nSPS) is 27.6. The van der Waals surface area contributed by atoms with E-state index in [1.54, 1.807) is 7.11 Å². The molecule has 21 heavy (non-hydrogen) atoms. The van der Waals surface area contributed by atoms with E-state index < -0.39 is 0 Å². The monoisotopic (exact) mass is 289 g/mol. The van der Waals surface area contributed by atoms with Crippen LogP contribution in [-0.4, -0.2) is 57.3 Å². The second-order valence-corrected chi connectivity index (χ2v) is 6.26. The third kappa shape index (κ3) is 3.33. The van der Waals surface area contributed by atoms with Crippen molar-refractivity contribution in [1.29, 1.82) is 0 Å². The zero-order chi connectivity index (χ0) is 14.7. The summed E-state index contributed by atoms with van der Waals surface area (Å²) >= 11 is 0. The molecule has 0 aliphatic carbocycles. The Morgan fingerprint density at radius 2 is 1.81 bits per heavy atom. The van der Waals surface area contributed by atoms with E-state index in [2.05, 4.69) is 46.3 Å². The molecule has 4 heteroatoms. The molecule has 0 amide bonds. The van der Waals surface area contributed by atoms with Crippen LogP contribution >= 0.6 is 0 Å². The van der Waals surface area contributed by atoms with Crippen LogP contribution in [0.15, 0.2) is 24.3 Å². The standard InChI is InChI=1S/C17H27N3O/c1-14-7-8-18-13-17(14)20-11-9-19(10-12-20)15-3-5-16(21-2)6-4-15/h3-6,14,17-18H,7-13H2,1-2H3. The maximum Gasteiger partial charge on any atom is 0.119 e. The van der Waals surface area contributed by atoms with Crippen LogP contribution in [0.25, 0.3) is 0 Å². The summed E-state index contributed by atoms with van der Waals surface area (Å²) in [4.78, 5) is 5.16. The first-order valence-corrected chi connectivity index (χ1v) is 8.11. The van der Waals surface area contributed by atoms with E-state index in [0.717, 1.165) is 37.3 Å². The summed E-state index contributed by atoms with van der Waals surface area (Å²) in [6, 6.07) is 9.15. The Hall–Kier alpha value is -1.26. The summed E-state index contributed by atoms with van der Waals surface area (Å²) in [6.07, 6.45) is 1.31. The van der Waals surface area contributed by atoms with Gasteiger partial charge in [-0.1, -0.05) is 6.92 Å². The second kappa shape index (κ2) is 6.67. The molecule has 4 nitrogen and oxygen atoms in total. The van der Waals surface area contributed by atoms with Gasteiger partial charge in [0.05, 0.1) is 7.11 Å².